The number of benzene rings is 4. The largest absolute Gasteiger partial charge is 0.493 e. The molecule has 4 aromatic carbocycles. The van der Waals surface area contributed by atoms with Crippen LogP contribution in [0.2, 0.25) is 0 Å². The Morgan fingerprint density at radius 1 is 0.917 bits per heavy atom. The van der Waals surface area contributed by atoms with E-state index in [0.717, 1.165) is 47.0 Å². The molecule has 0 spiro atoms. The van der Waals surface area contributed by atoms with E-state index in [9.17, 15) is 14.9 Å². The van der Waals surface area contributed by atoms with E-state index in [2.05, 4.69) is 33.7 Å². The van der Waals surface area contributed by atoms with E-state index in [0.29, 0.717) is 33.3 Å². The van der Waals surface area contributed by atoms with Gasteiger partial charge in [-0.05, 0) is 59.5 Å². The first kappa shape index (κ1) is 32.8. The molecule has 48 heavy (non-hydrogen) atoms. The molecule has 0 bridgehead atoms. The number of rotatable bonds is 11. The number of hydrogen-bond acceptors (Lipinski definition) is 8. The molecule has 5 aromatic rings. The number of hydrogen-bond donors (Lipinski definition) is 2. The van der Waals surface area contributed by atoms with Crippen LogP contribution in [0.15, 0.2) is 108 Å². The summed E-state index contributed by atoms with van der Waals surface area (Å²) in [6.07, 6.45) is 0.760. The summed E-state index contributed by atoms with van der Waals surface area (Å²) in [6.45, 7) is 2.42. The van der Waals surface area contributed by atoms with Crippen molar-refractivity contribution in [2.24, 2.45) is 0 Å². The number of carbonyl (C=O) groups excluding carboxylic acids is 2. The lowest BCUT2D eigenvalue weighted by molar-refractivity contribution is -0.115. The van der Waals surface area contributed by atoms with Crippen LogP contribution in [0.4, 0.5) is 10.7 Å². The summed E-state index contributed by atoms with van der Waals surface area (Å²) < 4.78 is 10.6. The molecule has 1 aliphatic rings. The van der Waals surface area contributed by atoms with Gasteiger partial charge in [-0.2, -0.15) is 5.26 Å². The first-order valence-electron chi connectivity index (χ1n) is 15.4. The van der Waals surface area contributed by atoms with Crippen LogP contribution in [-0.2, 0) is 24.3 Å². The SMILES string of the molecule is COc1ccc(C(=O)Nc2cccc(SC(C(=O)Nc3sc4c(c3C#N)CCN(Cc3ccccc3)C4)c3ccccc3)c2)cc1OC. The van der Waals surface area contributed by atoms with Gasteiger partial charge in [-0.3, -0.25) is 14.5 Å². The Labute approximate surface area is 288 Å². The topological polar surface area (TPSA) is 104 Å². The van der Waals surface area contributed by atoms with Crippen LogP contribution >= 0.6 is 23.1 Å². The fourth-order valence-electron chi connectivity index (χ4n) is 5.68. The Kier molecular flexibility index (Phi) is 10.4. The summed E-state index contributed by atoms with van der Waals surface area (Å²) >= 11 is 2.87. The van der Waals surface area contributed by atoms with Crippen LogP contribution in [0.1, 0.15) is 42.7 Å². The highest BCUT2D eigenvalue weighted by Gasteiger charge is 2.28. The normalized spacial score (nSPS) is 13.1. The van der Waals surface area contributed by atoms with E-state index >= 15 is 0 Å². The highest BCUT2D eigenvalue weighted by atomic mass is 32.2. The minimum absolute atomic E-state index is 0.220. The van der Waals surface area contributed by atoms with E-state index in [1.165, 1.54) is 35.8 Å². The van der Waals surface area contributed by atoms with Gasteiger partial charge in [-0.1, -0.05) is 66.7 Å². The van der Waals surface area contributed by atoms with Gasteiger partial charge >= 0.3 is 0 Å². The molecule has 242 valence electrons. The number of nitriles is 1. The Morgan fingerprint density at radius 2 is 1.67 bits per heavy atom. The minimum atomic E-state index is -0.608. The molecule has 0 saturated heterocycles. The summed E-state index contributed by atoms with van der Waals surface area (Å²) in [5, 5.41) is 16.2. The molecule has 10 heteroatoms. The molecule has 2 amide bonds. The molecular weight excluding hydrogens is 641 g/mol. The van der Waals surface area contributed by atoms with Gasteiger partial charge < -0.3 is 20.1 Å². The monoisotopic (exact) mass is 674 g/mol. The van der Waals surface area contributed by atoms with Gasteiger partial charge in [0.25, 0.3) is 5.91 Å². The molecule has 1 atom stereocenters. The number of nitrogens with one attached hydrogen (secondary N) is 2. The lowest BCUT2D eigenvalue weighted by Crippen LogP contribution is -2.29. The summed E-state index contributed by atoms with van der Waals surface area (Å²) in [5.74, 6) is 0.472. The molecule has 2 N–H and O–H groups in total. The summed E-state index contributed by atoms with van der Waals surface area (Å²) in [5.41, 5.74) is 4.67. The Bertz CT molecular complexity index is 1960. The third kappa shape index (κ3) is 7.55. The van der Waals surface area contributed by atoms with E-state index in [-0.39, 0.29) is 11.8 Å². The third-order valence-electron chi connectivity index (χ3n) is 8.07. The standard InChI is InChI=1S/C38H34N4O4S2/c1-45-32-17-16-27(20-33(32)46-2)36(43)40-28-14-9-15-29(21-28)47-35(26-12-7-4-8-13-26)37(44)41-38-31(22-39)30-18-19-42(24-34(30)48-38)23-25-10-5-3-6-11-25/h3-17,20-21,35H,18-19,23-24H2,1-2H3,(H,40,43)(H,41,44). The molecule has 0 radical (unpaired) electrons. The van der Waals surface area contributed by atoms with Gasteiger partial charge in [0.05, 0.1) is 19.8 Å². The Morgan fingerprint density at radius 3 is 2.40 bits per heavy atom. The predicted molar refractivity (Wildman–Crippen MR) is 191 cm³/mol. The average Bonchev–Trinajstić information content (AvgIpc) is 3.47. The number of thiophene rings is 1. The van der Waals surface area contributed by atoms with Crippen molar-refractivity contribution >= 4 is 45.6 Å². The van der Waals surface area contributed by atoms with E-state index in [4.69, 9.17) is 9.47 Å². The van der Waals surface area contributed by atoms with Crippen molar-refractivity contribution in [1.82, 2.24) is 4.90 Å². The van der Waals surface area contributed by atoms with Crippen molar-refractivity contribution in [2.45, 2.75) is 29.7 Å². The molecule has 1 aliphatic heterocycles. The molecule has 6 rings (SSSR count). The van der Waals surface area contributed by atoms with Gasteiger partial charge in [-0.15, -0.1) is 23.1 Å². The second kappa shape index (κ2) is 15.2. The fraction of sp³-hybridized carbons (Fsp3) is 0.184. The number of carbonyl (C=O) groups is 2. The van der Waals surface area contributed by atoms with E-state index in [1.807, 2.05) is 66.7 Å². The first-order valence-corrected chi connectivity index (χ1v) is 17.1. The molecule has 0 saturated carbocycles. The number of amides is 2. The second-order valence-corrected chi connectivity index (χ2v) is 13.5. The van der Waals surface area contributed by atoms with Crippen LogP contribution in [0.5, 0.6) is 11.5 Å². The number of fused-ring (bicyclic) bond motifs is 1. The molecule has 0 aliphatic carbocycles. The van der Waals surface area contributed by atoms with E-state index in [1.54, 1.807) is 31.4 Å². The van der Waals surface area contributed by atoms with Gasteiger partial charge in [0, 0.05) is 40.7 Å². The number of methoxy groups -OCH3 is 2. The van der Waals surface area contributed by atoms with Gasteiger partial charge in [0.1, 0.15) is 16.3 Å². The second-order valence-electron chi connectivity index (χ2n) is 11.2. The quantitative estimate of drug-likeness (QED) is 0.137. The van der Waals surface area contributed by atoms with Gasteiger partial charge in [0.2, 0.25) is 5.91 Å². The van der Waals surface area contributed by atoms with Crippen LogP contribution in [0, 0.1) is 11.3 Å². The van der Waals surface area contributed by atoms with Crippen molar-refractivity contribution in [3.05, 3.63) is 136 Å². The fourth-order valence-corrected chi connectivity index (χ4v) is 8.01. The first-order chi connectivity index (χ1) is 23.4. The van der Waals surface area contributed by atoms with Crippen LogP contribution in [-0.4, -0.2) is 37.5 Å². The highest BCUT2D eigenvalue weighted by Crippen LogP contribution is 2.41. The number of ether oxygens (including phenoxy) is 2. The van der Waals surface area contributed by atoms with Crippen molar-refractivity contribution in [1.29, 1.82) is 5.26 Å². The zero-order chi connectivity index (χ0) is 33.5. The third-order valence-corrected chi connectivity index (χ3v) is 10.4. The number of anilines is 2. The smallest absolute Gasteiger partial charge is 0.255 e. The average molecular weight is 675 g/mol. The molecule has 0 fully saturated rings. The zero-order valence-corrected chi connectivity index (χ0v) is 28.2. The molecular formula is C38H34N4O4S2. The van der Waals surface area contributed by atoms with E-state index < -0.39 is 5.25 Å². The lowest BCUT2D eigenvalue weighted by atomic mass is 10.0. The van der Waals surface area contributed by atoms with Gasteiger partial charge in [-0.25, -0.2) is 0 Å². The lowest BCUT2D eigenvalue weighted by Gasteiger charge is -2.26. The van der Waals surface area contributed by atoms with Crippen LogP contribution in [0.25, 0.3) is 0 Å². The summed E-state index contributed by atoms with van der Waals surface area (Å²) in [4.78, 5) is 31.4. The summed E-state index contributed by atoms with van der Waals surface area (Å²) in [7, 11) is 3.06. The van der Waals surface area contributed by atoms with Crippen molar-refractivity contribution < 1.29 is 19.1 Å². The highest BCUT2D eigenvalue weighted by molar-refractivity contribution is 8.00. The maximum atomic E-state index is 14.0. The van der Waals surface area contributed by atoms with Crippen molar-refractivity contribution in [3.63, 3.8) is 0 Å². The van der Waals surface area contributed by atoms with Crippen LogP contribution < -0.4 is 20.1 Å². The number of thioether (sulfide) groups is 1. The maximum absolute atomic E-state index is 14.0. The van der Waals surface area contributed by atoms with Crippen molar-refractivity contribution in [2.75, 3.05) is 31.4 Å². The van der Waals surface area contributed by atoms with Crippen molar-refractivity contribution in [3.8, 4) is 17.6 Å². The molecule has 2 heterocycles. The zero-order valence-electron chi connectivity index (χ0n) is 26.6. The molecule has 1 unspecified atom stereocenters. The number of nitrogens with zero attached hydrogens (tertiary/aromatic N) is 2. The Hall–Kier alpha value is -5.08. The Balaban J connectivity index is 1.19. The maximum Gasteiger partial charge on any atom is 0.255 e. The van der Waals surface area contributed by atoms with Crippen LogP contribution in [0.3, 0.4) is 0 Å². The summed E-state index contributed by atoms with van der Waals surface area (Å²) in [6, 6.07) is 34.7. The molecule has 8 nitrogen and oxygen atoms in total. The van der Waals surface area contributed by atoms with Gasteiger partial charge in [0.15, 0.2) is 11.5 Å². The molecule has 1 aromatic heterocycles. The predicted octanol–water partition coefficient (Wildman–Crippen LogP) is 7.92. The minimum Gasteiger partial charge on any atom is -0.493 e.